The molecule has 7 heteroatoms. The number of rotatable bonds is 6. The molecule has 184 valence electrons. The average Bonchev–Trinajstić information content (AvgIpc) is 3.24. The fraction of sp³-hybridized carbons (Fsp3) is 0.429. The number of hydrogen-bond acceptors (Lipinski definition) is 6. The van der Waals surface area contributed by atoms with Crippen molar-refractivity contribution in [3.63, 3.8) is 0 Å². The Hall–Kier alpha value is -3.32. The second-order valence-corrected chi connectivity index (χ2v) is 9.70. The summed E-state index contributed by atoms with van der Waals surface area (Å²) in [7, 11) is 0. The van der Waals surface area contributed by atoms with E-state index in [4.69, 9.17) is 18.9 Å². The number of ether oxygens (including phenoxy) is 2. The van der Waals surface area contributed by atoms with Gasteiger partial charge in [-0.1, -0.05) is 26.0 Å². The third-order valence-electron chi connectivity index (χ3n) is 6.86. The fourth-order valence-corrected chi connectivity index (χ4v) is 4.64. The minimum absolute atomic E-state index is 0.00658. The van der Waals surface area contributed by atoms with Crippen molar-refractivity contribution in [2.24, 2.45) is 5.92 Å². The predicted octanol–water partition coefficient (Wildman–Crippen LogP) is 5.40. The van der Waals surface area contributed by atoms with Gasteiger partial charge in [0.1, 0.15) is 19.0 Å². The number of nitrogens with zero attached hydrogens (tertiary/aromatic N) is 2. The highest BCUT2D eigenvalue weighted by Crippen LogP contribution is 2.33. The van der Waals surface area contributed by atoms with Crippen LogP contribution in [0.1, 0.15) is 49.6 Å². The number of aryl methyl sites for hydroxylation is 1. The van der Waals surface area contributed by atoms with Crippen LogP contribution in [0.5, 0.6) is 11.5 Å². The molecule has 1 saturated heterocycles. The first kappa shape index (κ1) is 23.4. The Bertz CT molecular complexity index is 1180. The molecular formula is C28H33N3O4. The van der Waals surface area contributed by atoms with Gasteiger partial charge in [-0.3, -0.25) is 9.69 Å². The van der Waals surface area contributed by atoms with Gasteiger partial charge in [0.25, 0.3) is 0 Å². The van der Waals surface area contributed by atoms with Crippen LogP contribution in [0.2, 0.25) is 0 Å². The first-order valence-corrected chi connectivity index (χ1v) is 12.5. The Labute approximate surface area is 206 Å². The number of amides is 1. The van der Waals surface area contributed by atoms with Crippen LogP contribution < -0.4 is 14.8 Å². The van der Waals surface area contributed by atoms with Crippen molar-refractivity contribution < 1.29 is 18.7 Å². The van der Waals surface area contributed by atoms with Crippen LogP contribution in [0, 0.1) is 12.8 Å². The minimum atomic E-state index is -0.00658. The molecule has 3 aromatic rings. The molecule has 0 bridgehead atoms. The molecule has 0 atom stereocenters. The van der Waals surface area contributed by atoms with Gasteiger partial charge in [0, 0.05) is 29.8 Å². The van der Waals surface area contributed by atoms with Gasteiger partial charge in [-0.15, -0.1) is 0 Å². The van der Waals surface area contributed by atoms with E-state index in [1.807, 2.05) is 25.1 Å². The van der Waals surface area contributed by atoms with Gasteiger partial charge >= 0.3 is 0 Å². The van der Waals surface area contributed by atoms with Crippen molar-refractivity contribution in [1.29, 1.82) is 0 Å². The molecule has 0 unspecified atom stereocenters. The number of oxazole rings is 1. The van der Waals surface area contributed by atoms with Gasteiger partial charge in [0.15, 0.2) is 11.5 Å². The minimum Gasteiger partial charge on any atom is -0.486 e. The molecule has 1 N–H and O–H groups in total. The fourth-order valence-electron chi connectivity index (χ4n) is 4.64. The third kappa shape index (κ3) is 5.35. The lowest BCUT2D eigenvalue weighted by Crippen LogP contribution is -2.38. The van der Waals surface area contributed by atoms with Gasteiger partial charge in [-0.05, 0) is 68.6 Å². The molecule has 2 aromatic carbocycles. The van der Waals surface area contributed by atoms with E-state index in [-0.39, 0.29) is 11.8 Å². The van der Waals surface area contributed by atoms with Crippen LogP contribution in [0.3, 0.4) is 0 Å². The second-order valence-electron chi connectivity index (χ2n) is 9.70. The van der Waals surface area contributed by atoms with Crippen LogP contribution >= 0.6 is 0 Å². The molecule has 1 fully saturated rings. The Morgan fingerprint density at radius 1 is 1.06 bits per heavy atom. The molecule has 35 heavy (non-hydrogen) atoms. The van der Waals surface area contributed by atoms with Crippen molar-refractivity contribution in [3.8, 4) is 23.0 Å². The van der Waals surface area contributed by atoms with Gasteiger partial charge in [0.2, 0.25) is 11.8 Å². The number of aromatic nitrogens is 1. The van der Waals surface area contributed by atoms with Gasteiger partial charge in [-0.2, -0.15) is 0 Å². The summed E-state index contributed by atoms with van der Waals surface area (Å²) in [6.45, 7) is 9.87. The Morgan fingerprint density at radius 3 is 2.49 bits per heavy atom. The van der Waals surface area contributed by atoms with E-state index >= 15 is 0 Å². The number of hydrogen-bond donors (Lipinski definition) is 1. The summed E-state index contributed by atoms with van der Waals surface area (Å²) < 4.78 is 17.2. The van der Waals surface area contributed by atoms with E-state index in [1.54, 1.807) is 0 Å². The lowest BCUT2D eigenvalue weighted by Gasteiger charge is -2.30. The van der Waals surface area contributed by atoms with Crippen LogP contribution in [0.4, 0.5) is 5.69 Å². The largest absolute Gasteiger partial charge is 0.486 e. The molecular weight excluding hydrogens is 442 g/mol. The maximum absolute atomic E-state index is 12.9. The maximum atomic E-state index is 12.9. The lowest BCUT2D eigenvalue weighted by atomic mass is 9.95. The molecule has 0 spiro atoms. The van der Waals surface area contributed by atoms with E-state index in [0.717, 1.165) is 60.9 Å². The zero-order chi connectivity index (χ0) is 24.4. The molecule has 0 aliphatic carbocycles. The van der Waals surface area contributed by atoms with Crippen molar-refractivity contribution in [2.75, 3.05) is 31.6 Å². The van der Waals surface area contributed by atoms with Crippen LogP contribution in [0.25, 0.3) is 11.5 Å². The zero-order valence-electron chi connectivity index (χ0n) is 20.7. The second kappa shape index (κ2) is 10.1. The SMILES string of the molecule is Cc1oc(-c2ccc(C(C)C)cc2)nc1CN1CCC(C(=O)Nc2ccc3c(c2)OCCO3)CC1. The number of carbonyl (C=O) groups excluding carboxylic acids is 1. The number of anilines is 1. The van der Waals surface area contributed by atoms with Crippen molar-refractivity contribution in [3.05, 3.63) is 59.5 Å². The highest BCUT2D eigenvalue weighted by atomic mass is 16.6. The quantitative estimate of drug-likeness (QED) is 0.515. The molecule has 2 aliphatic heterocycles. The summed E-state index contributed by atoms with van der Waals surface area (Å²) >= 11 is 0. The molecule has 5 rings (SSSR count). The summed E-state index contributed by atoms with van der Waals surface area (Å²) in [5.74, 6) is 3.48. The lowest BCUT2D eigenvalue weighted by molar-refractivity contribution is -0.121. The Kier molecular flexibility index (Phi) is 6.77. The third-order valence-corrected chi connectivity index (χ3v) is 6.86. The molecule has 1 amide bonds. The van der Waals surface area contributed by atoms with Crippen LogP contribution in [-0.4, -0.2) is 42.1 Å². The van der Waals surface area contributed by atoms with Gasteiger partial charge < -0.3 is 19.2 Å². The molecule has 0 radical (unpaired) electrons. The van der Waals surface area contributed by atoms with Crippen LogP contribution in [0.15, 0.2) is 46.9 Å². The number of carbonyl (C=O) groups is 1. The summed E-state index contributed by atoms with van der Waals surface area (Å²) in [6.07, 6.45) is 1.63. The molecule has 1 aromatic heterocycles. The smallest absolute Gasteiger partial charge is 0.227 e. The highest BCUT2D eigenvalue weighted by molar-refractivity contribution is 5.93. The summed E-state index contributed by atoms with van der Waals surface area (Å²) in [6, 6.07) is 14.0. The van der Waals surface area contributed by atoms with Gasteiger partial charge in [0.05, 0.1) is 5.69 Å². The molecule has 0 saturated carbocycles. The van der Waals surface area contributed by atoms with Crippen LogP contribution in [-0.2, 0) is 11.3 Å². The summed E-state index contributed by atoms with van der Waals surface area (Å²) in [5.41, 5.74) is 4.01. The van der Waals surface area contributed by atoms with Gasteiger partial charge in [-0.25, -0.2) is 4.98 Å². The normalized spacial score (nSPS) is 16.5. The first-order chi connectivity index (χ1) is 17.0. The number of fused-ring (bicyclic) bond motifs is 1. The van der Waals surface area contributed by atoms with Crippen molar-refractivity contribution >= 4 is 11.6 Å². The molecule has 2 aliphatic rings. The number of piperidine rings is 1. The highest BCUT2D eigenvalue weighted by Gasteiger charge is 2.26. The zero-order valence-corrected chi connectivity index (χ0v) is 20.7. The topological polar surface area (TPSA) is 76.8 Å². The van der Waals surface area contributed by atoms with E-state index in [9.17, 15) is 4.79 Å². The van der Waals surface area contributed by atoms with E-state index in [0.29, 0.717) is 30.8 Å². The number of likely N-dealkylation sites (tertiary alicyclic amines) is 1. The maximum Gasteiger partial charge on any atom is 0.227 e. The summed E-state index contributed by atoms with van der Waals surface area (Å²) in [4.78, 5) is 20.0. The Morgan fingerprint density at radius 2 is 1.77 bits per heavy atom. The number of nitrogens with one attached hydrogen (secondary N) is 1. The standard InChI is InChI=1S/C28H33N3O4/c1-18(2)20-4-6-22(7-5-20)28-30-24(19(3)35-28)17-31-12-10-21(11-13-31)27(32)29-23-8-9-25-26(16-23)34-15-14-33-25/h4-9,16,18,21H,10-15,17H2,1-3H3,(H,29,32). The van der Waals surface area contributed by atoms with Crippen molar-refractivity contribution in [1.82, 2.24) is 9.88 Å². The average molecular weight is 476 g/mol. The first-order valence-electron chi connectivity index (χ1n) is 12.5. The molecule has 7 nitrogen and oxygen atoms in total. The van der Waals surface area contributed by atoms with Crippen molar-refractivity contribution in [2.45, 2.75) is 46.1 Å². The monoisotopic (exact) mass is 475 g/mol. The Balaban J connectivity index is 1.15. The van der Waals surface area contributed by atoms with E-state index in [1.165, 1.54) is 5.56 Å². The summed E-state index contributed by atoms with van der Waals surface area (Å²) in [5, 5.41) is 3.05. The van der Waals surface area contributed by atoms with E-state index in [2.05, 4.69) is 48.3 Å². The predicted molar refractivity (Wildman–Crippen MR) is 135 cm³/mol. The number of benzene rings is 2. The van der Waals surface area contributed by atoms with E-state index < -0.39 is 0 Å². The molecule has 3 heterocycles.